The standard InChI is InChI=1S/C18H12BrN3O6/c1-28-15-7-2-11(19)8-10(15)9-14-16(23)20-18(25)21(17(14)24)12-3-5-13(6-4-12)22(26)27/h2-9H,1H3,(H,20,23,25)/b14-9+. The first-order chi connectivity index (χ1) is 13.3. The lowest BCUT2D eigenvalue weighted by molar-refractivity contribution is -0.384. The number of benzene rings is 2. The summed E-state index contributed by atoms with van der Waals surface area (Å²) in [4.78, 5) is 48.2. The van der Waals surface area contributed by atoms with E-state index >= 15 is 0 Å². The van der Waals surface area contributed by atoms with E-state index in [2.05, 4.69) is 21.2 Å². The first-order valence-electron chi connectivity index (χ1n) is 7.81. The SMILES string of the molecule is COc1ccc(Br)cc1/C=C1\C(=O)NC(=O)N(c2ccc([N+](=O)[O-])cc2)C1=O. The van der Waals surface area contributed by atoms with Gasteiger partial charge in [0.1, 0.15) is 11.3 Å². The van der Waals surface area contributed by atoms with E-state index in [1.807, 2.05) is 0 Å². The fraction of sp³-hybridized carbons (Fsp3) is 0.0556. The van der Waals surface area contributed by atoms with Gasteiger partial charge in [-0.3, -0.25) is 25.0 Å². The van der Waals surface area contributed by atoms with Gasteiger partial charge in [-0.2, -0.15) is 0 Å². The Balaban J connectivity index is 2.03. The molecule has 2 aromatic rings. The Kier molecular flexibility index (Phi) is 5.23. The number of amides is 4. The van der Waals surface area contributed by atoms with Gasteiger partial charge in [-0.15, -0.1) is 0 Å². The highest BCUT2D eigenvalue weighted by Gasteiger charge is 2.37. The number of barbiturate groups is 1. The number of nitro benzene ring substituents is 1. The number of ether oxygens (including phenoxy) is 1. The molecule has 0 saturated carbocycles. The minimum absolute atomic E-state index is 0.0905. The lowest BCUT2D eigenvalue weighted by Crippen LogP contribution is -2.54. The van der Waals surface area contributed by atoms with Gasteiger partial charge < -0.3 is 4.74 Å². The van der Waals surface area contributed by atoms with Crippen molar-refractivity contribution in [1.29, 1.82) is 0 Å². The Morgan fingerprint density at radius 3 is 2.43 bits per heavy atom. The summed E-state index contributed by atoms with van der Waals surface area (Å²) in [5.41, 5.74) is 0.0646. The lowest BCUT2D eigenvalue weighted by Gasteiger charge is -2.26. The average Bonchev–Trinajstić information content (AvgIpc) is 2.65. The normalized spacial score (nSPS) is 15.6. The molecule has 0 aliphatic carbocycles. The average molecular weight is 446 g/mol. The summed E-state index contributed by atoms with van der Waals surface area (Å²) in [6, 6.07) is 8.92. The summed E-state index contributed by atoms with van der Waals surface area (Å²) in [5.74, 6) is -1.28. The first kappa shape index (κ1) is 19.2. The second kappa shape index (κ2) is 7.61. The monoisotopic (exact) mass is 445 g/mol. The number of methoxy groups -OCH3 is 1. The Bertz CT molecular complexity index is 1030. The fourth-order valence-electron chi connectivity index (χ4n) is 2.59. The van der Waals surface area contributed by atoms with Gasteiger partial charge in [0.2, 0.25) is 0 Å². The maximum absolute atomic E-state index is 12.8. The van der Waals surface area contributed by atoms with Gasteiger partial charge in [-0.05, 0) is 36.4 Å². The number of nitro groups is 1. The zero-order chi connectivity index (χ0) is 20.4. The third-order valence-electron chi connectivity index (χ3n) is 3.91. The van der Waals surface area contributed by atoms with Crippen molar-refractivity contribution in [3.05, 3.63) is 68.2 Å². The van der Waals surface area contributed by atoms with Crippen molar-refractivity contribution in [3.63, 3.8) is 0 Å². The van der Waals surface area contributed by atoms with Gasteiger partial charge in [0, 0.05) is 22.2 Å². The molecule has 9 nitrogen and oxygen atoms in total. The second-order valence-electron chi connectivity index (χ2n) is 5.62. The predicted molar refractivity (Wildman–Crippen MR) is 103 cm³/mol. The summed E-state index contributed by atoms with van der Waals surface area (Å²) >= 11 is 3.31. The number of urea groups is 1. The molecule has 28 heavy (non-hydrogen) atoms. The lowest BCUT2D eigenvalue weighted by atomic mass is 10.1. The van der Waals surface area contributed by atoms with Crippen LogP contribution in [-0.4, -0.2) is 29.9 Å². The molecular weight excluding hydrogens is 434 g/mol. The Hall–Kier alpha value is -3.53. The van der Waals surface area contributed by atoms with Crippen molar-refractivity contribution in [2.75, 3.05) is 12.0 Å². The Morgan fingerprint density at radius 1 is 1.14 bits per heavy atom. The number of carbonyl (C=O) groups is 3. The van der Waals surface area contributed by atoms with E-state index in [1.165, 1.54) is 25.3 Å². The fourth-order valence-corrected chi connectivity index (χ4v) is 2.97. The molecule has 10 heteroatoms. The molecule has 0 aromatic heterocycles. The molecule has 0 bridgehead atoms. The quantitative estimate of drug-likeness (QED) is 0.334. The van der Waals surface area contributed by atoms with Crippen LogP contribution < -0.4 is 15.0 Å². The van der Waals surface area contributed by atoms with Crippen LogP contribution in [0.3, 0.4) is 0 Å². The van der Waals surface area contributed by atoms with E-state index in [0.717, 1.165) is 17.0 Å². The van der Waals surface area contributed by atoms with Crippen molar-refractivity contribution in [3.8, 4) is 5.75 Å². The molecule has 1 aliphatic rings. The highest BCUT2D eigenvalue weighted by atomic mass is 79.9. The molecule has 1 N–H and O–H groups in total. The topological polar surface area (TPSA) is 119 Å². The minimum atomic E-state index is -0.942. The number of imide groups is 2. The van der Waals surface area contributed by atoms with Crippen LogP contribution in [0.2, 0.25) is 0 Å². The van der Waals surface area contributed by atoms with Crippen molar-refractivity contribution >= 4 is 51.2 Å². The summed E-state index contributed by atoms with van der Waals surface area (Å²) in [5, 5.41) is 12.9. The molecule has 1 fully saturated rings. The number of nitrogens with zero attached hydrogens (tertiary/aromatic N) is 2. The number of carbonyl (C=O) groups excluding carboxylic acids is 3. The molecule has 1 aliphatic heterocycles. The number of rotatable bonds is 4. The van der Waals surface area contributed by atoms with E-state index < -0.39 is 22.8 Å². The summed E-state index contributed by atoms with van der Waals surface area (Å²) in [6.07, 6.45) is 1.31. The van der Waals surface area contributed by atoms with Crippen LogP contribution in [0.5, 0.6) is 5.75 Å². The number of hydrogen-bond acceptors (Lipinski definition) is 6. The Labute approximate surface area is 166 Å². The van der Waals surface area contributed by atoms with Crippen LogP contribution in [0.15, 0.2) is 52.5 Å². The molecule has 1 heterocycles. The van der Waals surface area contributed by atoms with Crippen molar-refractivity contribution < 1.29 is 24.0 Å². The van der Waals surface area contributed by atoms with Crippen LogP contribution in [0.4, 0.5) is 16.2 Å². The molecule has 1 saturated heterocycles. The third kappa shape index (κ3) is 3.62. The highest BCUT2D eigenvalue weighted by molar-refractivity contribution is 9.10. The van der Waals surface area contributed by atoms with Crippen LogP contribution >= 0.6 is 15.9 Å². The van der Waals surface area contributed by atoms with Gasteiger partial charge in [0.15, 0.2) is 0 Å². The molecule has 4 amide bonds. The van der Waals surface area contributed by atoms with E-state index in [1.54, 1.807) is 18.2 Å². The van der Waals surface area contributed by atoms with E-state index in [-0.39, 0.29) is 16.9 Å². The van der Waals surface area contributed by atoms with Crippen molar-refractivity contribution in [2.24, 2.45) is 0 Å². The summed E-state index contributed by atoms with van der Waals surface area (Å²) < 4.78 is 5.93. The number of halogens is 1. The molecule has 0 radical (unpaired) electrons. The summed E-state index contributed by atoms with van der Waals surface area (Å²) in [7, 11) is 1.45. The van der Waals surface area contributed by atoms with E-state index in [4.69, 9.17) is 4.74 Å². The predicted octanol–water partition coefficient (Wildman–Crippen LogP) is 3.03. The number of anilines is 1. The molecule has 0 unspecified atom stereocenters. The maximum Gasteiger partial charge on any atom is 0.335 e. The molecule has 2 aromatic carbocycles. The van der Waals surface area contributed by atoms with Gasteiger partial charge in [-0.1, -0.05) is 15.9 Å². The third-order valence-corrected chi connectivity index (χ3v) is 4.41. The maximum atomic E-state index is 12.8. The first-order valence-corrected chi connectivity index (χ1v) is 8.60. The van der Waals surface area contributed by atoms with Gasteiger partial charge in [-0.25, -0.2) is 9.69 Å². The molecule has 3 rings (SSSR count). The zero-order valence-corrected chi connectivity index (χ0v) is 15.9. The molecule has 0 atom stereocenters. The molecular formula is C18H12BrN3O6. The number of hydrogen-bond donors (Lipinski definition) is 1. The van der Waals surface area contributed by atoms with Crippen LogP contribution in [0.25, 0.3) is 6.08 Å². The van der Waals surface area contributed by atoms with Gasteiger partial charge in [0.05, 0.1) is 17.7 Å². The molecule has 0 spiro atoms. The van der Waals surface area contributed by atoms with Crippen LogP contribution in [0, 0.1) is 10.1 Å². The van der Waals surface area contributed by atoms with Gasteiger partial charge >= 0.3 is 6.03 Å². The van der Waals surface area contributed by atoms with Crippen LogP contribution in [0.1, 0.15) is 5.56 Å². The van der Waals surface area contributed by atoms with Crippen molar-refractivity contribution in [1.82, 2.24) is 5.32 Å². The zero-order valence-electron chi connectivity index (χ0n) is 14.3. The number of non-ortho nitro benzene ring substituents is 1. The number of nitrogens with one attached hydrogen (secondary N) is 1. The van der Waals surface area contributed by atoms with E-state index in [9.17, 15) is 24.5 Å². The second-order valence-corrected chi connectivity index (χ2v) is 6.53. The smallest absolute Gasteiger partial charge is 0.335 e. The van der Waals surface area contributed by atoms with Crippen LogP contribution in [-0.2, 0) is 9.59 Å². The minimum Gasteiger partial charge on any atom is -0.496 e. The highest BCUT2D eigenvalue weighted by Crippen LogP contribution is 2.28. The molecule has 142 valence electrons. The summed E-state index contributed by atoms with van der Waals surface area (Å²) in [6.45, 7) is 0. The largest absolute Gasteiger partial charge is 0.496 e. The van der Waals surface area contributed by atoms with Gasteiger partial charge in [0.25, 0.3) is 17.5 Å². The van der Waals surface area contributed by atoms with Crippen molar-refractivity contribution in [2.45, 2.75) is 0 Å². The Morgan fingerprint density at radius 2 is 1.82 bits per heavy atom. The van der Waals surface area contributed by atoms with E-state index in [0.29, 0.717) is 15.8 Å².